The average Bonchev–Trinajstić information content (AvgIpc) is 2.59. The Labute approximate surface area is 108 Å². The number of nitrogens with one attached hydrogen (secondary N) is 1. The van der Waals surface area contributed by atoms with Gasteiger partial charge in [0.25, 0.3) is 0 Å². The minimum Gasteiger partial charge on any atom is -0.361 e. The van der Waals surface area contributed by atoms with Crippen LogP contribution >= 0.6 is 0 Å². The maximum atomic E-state index is 11.7. The molecule has 1 aromatic rings. The standard InChI is InChI=1S/C13H23N3O2/c1-8(2)7-12(14)13(17)15-6-5-11-9(3)16-18-10(11)4/h8,12H,5-7,14H2,1-4H3,(H,15,17)/t12-/m0/s1. The van der Waals surface area contributed by atoms with E-state index in [2.05, 4.69) is 24.3 Å². The summed E-state index contributed by atoms with van der Waals surface area (Å²) in [5.74, 6) is 1.15. The Morgan fingerprint density at radius 3 is 2.61 bits per heavy atom. The Hall–Kier alpha value is -1.36. The molecule has 3 N–H and O–H groups in total. The minimum absolute atomic E-state index is 0.0875. The molecule has 0 aromatic carbocycles. The van der Waals surface area contributed by atoms with Gasteiger partial charge < -0.3 is 15.6 Å². The minimum atomic E-state index is -0.422. The Balaban J connectivity index is 2.36. The van der Waals surface area contributed by atoms with Gasteiger partial charge in [0.1, 0.15) is 5.76 Å². The molecule has 1 atom stereocenters. The molecule has 5 nitrogen and oxygen atoms in total. The van der Waals surface area contributed by atoms with Gasteiger partial charge in [-0.15, -0.1) is 0 Å². The topological polar surface area (TPSA) is 81.2 Å². The second-order valence-electron chi connectivity index (χ2n) is 5.08. The normalized spacial score (nSPS) is 12.8. The molecule has 0 aliphatic heterocycles. The predicted molar refractivity (Wildman–Crippen MR) is 70.1 cm³/mol. The molecule has 0 bridgehead atoms. The highest BCUT2D eigenvalue weighted by atomic mass is 16.5. The van der Waals surface area contributed by atoms with Gasteiger partial charge in [-0.05, 0) is 32.6 Å². The van der Waals surface area contributed by atoms with E-state index in [1.165, 1.54) is 0 Å². The summed E-state index contributed by atoms with van der Waals surface area (Å²) < 4.78 is 5.07. The number of hydrogen-bond donors (Lipinski definition) is 2. The van der Waals surface area contributed by atoms with Crippen LogP contribution in [0.3, 0.4) is 0 Å². The second-order valence-corrected chi connectivity index (χ2v) is 5.08. The Morgan fingerprint density at radius 1 is 1.44 bits per heavy atom. The highest BCUT2D eigenvalue weighted by Crippen LogP contribution is 2.12. The smallest absolute Gasteiger partial charge is 0.236 e. The first-order chi connectivity index (χ1) is 8.41. The van der Waals surface area contributed by atoms with E-state index in [-0.39, 0.29) is 5.91 Å². The van der Waals surface area contributed by atoms with E-state index in [4.69, 9.17) is 10.3 Å². The molecular weight excluding hydrogens is 230 g/mol. The summed E-state index contributed by atoms with van der Waals surface area (Å²) in [6, 6.07) is -0.422. The predicted octanol–water partition coefficient (Wildman–Crippen LogP) is 1.32. The molecule has 18 heavy (non-hydrogen) atoms. The first-order valence-electron chi connectivity index (χ1n) is 6.36. The van der Waals surface area contributed by atoms with Crippen LogP contribution in [0.25, 0.3) is 0 Å². The lowest BCUT2D eigenvalue weighted by atomic mass is 10.0. The van der Waals surface area contributed by atoms with E-state index in [1.54, 1.807) is 0 Å². The van der Waals surface area contributed by atoms with Crippen LogP contribution in [0.15, 0.2) is 4.52 Å². The van der Waals surface area contributed by atoms with Crippen LogP contribution < -0.4 is 11.1 Å². The van der Waals surface area contributed by atoms with Gasteiger partial charge in [0, 0.05) is 12.1 Å². The summed E-state index contributed by atoms with van der Waals surface area (Å²) in [5.41, 5.74) is 7.74. The van der Waals surface area contributed by atoms with Crippen molar-refractivity contribution >= 4 is 5.91 Å². The fourth-order valence-electron chi connectivity index (χ4n) is 1.92. The SMILES string of the molecule is Cc1noc(C)c1CCNC(=O)[C@@H](N)CC(C)C. The lowest BCUT2D eigenvalue weighted by Gasteiger charge is -2.13. The van der Waals surface area contributed by atoms with Gasteiger partial charge in [0.05, 0.1) is 11.7 Å². The maximum absolute atomic E-state index is 11.7. The van der Waals surface area contributed by atoms with Gasteiger partial charge in [0.2, 0.25) is 5.91 Å². The number of aromatic nitrogens is 1. The van der Waals surface area contributed by atoms with E-state index >= 15 is 0 Å². The first kappa shape index (κ1) is 14.7. The quantitative estimate of drug-likeness (QED) is 0.801. The van der Waals surface area contributed by atoms with Crippen molar-refractivity contribution in [1.29, 1.82) is 0 Å². The molecule has 0 aliphatic carbocycles. The molecule has 5 heteroatoms. The second kappa shape index (κ2) is 6.54. The van der Waals surface area contributed by atoms with Crippen LogP contribution in [0.2, 0.25) is 0 Å². The molecule has 0 radical (unpaired) electrons. The Bertz CT molecular complexity index is 379. The van der Waals surface area contributed by atoms with Crippen molar-refractivity contribution in [2.75, 3.05) is 6.54 Å². The number of hydrogen-bond acceptors (Lipinski definition) is 4. The fourth-order valence-corrected chi connectivity index (χ4v) is 1.92. The van der Waals surface area contributed by atoms with Gasteiger partial charge in [-0.2, -0.15) is 0 Å². The van der Waals surface area contributed by atoms with E-state index in [0.29, 0.717) is 18.9 Å². The Morgan fingerprint density at radius 2 is 2.11 bits per heavy atom. The van der Waals surface area contributed by atoms with Crippen LogP contribution in [0.4, 0.5) is 0 Å². The molecule has 1 rings (SSSR count). The van der Waals surface area contributed by atoms with Crippen LogP contribution in [0, 0.1) is 19.8 Å². The molecular formula is C13H23N3O2. The summed E-state index contributed by atoms with van der Waals surface area (Å²) in [5, 5.41) is 6.72. The van der Waals surface area contributed by atoms with Gasteiger partial charge >= 0.3 is 0 Å². The van der Waals surface area contributed by atoms with E-state index in [9.17, 15) is 4.79 Å². The van der Waals surface area contributed by atoms with Crippen molar-refractivity contribution in [3.63, 3.8) is 0 Å². The number of nitrogens with zero attached hydrogens (tertiary/aromatic N) is 1. The maximum Gasteiger partial charge on any atom is 0.236 e. The largest absolute Gasteiger partial charge is 0.361 e. The van der Waals surface area contributed by atoms with Crippen molar-refractivity contribution in [3.05, 3.63) is 17.0 Å². The zero-order chi connectivity index (χ0) is 13.7. The fraction of sp³-hybridized carbons (Fsp3) is 0.692. The van der Waals surface area contributed by atoms with Crippen molar-refractivity contribution in [2.24, 2.45) is 11.7 Å². The van der Waals surface area contributed by atoms with Gasteiger partial charge in [0.15, 0.2) is 0 Å². The van der Waals surface area contributed by atoms with E-state index < -0.39 is 6.04 Å². The molecule has 0 unspecified atom stereocenters. The van der Waals surface area contributed by atoms with E-state index in [1.807, 2.05) is 13.8 Å². The van der Waals surface area contributed by atoms with Crippen LogP contribution in [0.5, 0.6) is 0 Å². The third kappa shape index (κ3) is 4.14. The highest BCUT2D eigenvalue weighted by molar-refractivity contribution is 5.81. The van der Waals surface area contributed by atoms with Crippen molar-refractivity contribution in [3.8, 4) is 0 Å². The molecule has 0 spiro atoms. The number of carbonyl (C=O) groups is 1. The monoisotopic (exact) mass is 253 g/mol. The summed E-state index contributed by atoms with van der Waals surface area (Å²) in [7, 11) is 0. The van der Waals surface area contributed by atoms with Crippen LogP contribution in [0.1, 0.15) is 37.3 Å². The molecule has 0 fully saturated rings. The number of rotatable bonds is 6. The Kier molecular flexibility index (Phi) is 5.34. The first-order valence-corrected chi connectivity index (χ1v) is 6.36. The average molecular weight is 253 g/mol. The zero-order valence-electron chi connectivity index (χ0n) is 11.6. The summed E-state index contributed by atoms with van der Waals surface area (Å²) in [6.45, 7) is 8.45. The summed E-state index contributed by atoms with van der Waals surface area (Å²) in [4.78, 5) is 11.7. The molecule has 0 saturated heterocycles. The third-order valence-corrected chi connectivity index (χ3v) is 2.92. The molecule has 102 valence electrons. The molecule has 1 amide bonds. The lowest BCUT2D eigenvalue weighted by Crippen LogP contribution is -2.42. The van der Waals surface area contributed by atoms with Crippen LogP contribution in [-0.4, -0.2) is 23.7 Å². The van der Waals surface area contributed by atoms with Gasteiger partial charge in [-0.1, -0.05) is 19.0 Å². The van der Waals surface area contributed by atoms with Crippen molar-refractivity contribution in [2.45, 2.75) is 46.6 Å². The number of carbonyl (C=O) groups excluding carboxylic acids is 1. The molecule has 1 aromatic heterocycles. The highest BCUT2D eigenvalue weighted by Gasteiger charge is 2.15. The third-order valence-electron chi connectivity index (χ3n) is 2.92. The van der Waals surface area contributed by atoms with Gasteiger partial charge in [-0.25, -0.2) is 0 Å². The number of aryl methyl sites for hydroxylation is 2. The molecule has 0 aliphatic rings. The lowest BCUT2D eigenvalue weighted by molar-refractivity contribution is -0.122. The number of amides is 1. The summed E-state index contributed by atoms with van der Waals surface area (Å²) in [6.07, 6.45) is 1.43. The van der Waals surface area contributed by atoms with Crippen molar-refractivity contribution in [1.82, 2.24) is 10.5 Å². The van der Waals surface area contributed by atoms with Crippen LogP contribution in [-0.2, 0) is 11.2 Å². The van der Waals surface area contributed by atoms with E-state index in [0.717, 1.165) is 23.4 Å². The van der Waals surface area contributed by atoms with Crippen molar-refractivity contribution < 1.29 is 9.32 Å². The molecule has 1 heterocycles. The zero-order valence-corrected chi connectivity index (χ0v) is 11.6. The number of nitrogens with two attached hydrogens (primary N) is 1. The summed E-state index contributed by atoms with van der Waals surface area (Å²) >= 11 is 0. The van der Waals surface area contributed by atoms with Gasteiger partial charge in [-0.3, -0.25) is 4.79 Å². The molecule has 0 saturated carbocycles.